The summed E-state index contributed by atoms with van der Waals surface area (Å²) in [4.78, 5) is 28.0. The number of para-hydroxylation sites is 1. The highest BCUT2D eigenvalue weighted by atomic mass is 16.3. The number of benzene rings is 1. The van der Waals surface area contributed by atoms with Crippen molar-refractivity contribution in [2.75, 3.05) is 13.1 Å². The quantitative estimate of drug-likeness (QED) is 0.786. The number of carbonyl (C=O) groups is 2. The van der Waals surface area contributed by atoms with Crippen LogP contribution >= 0.6 is 0 Å². The van der Waals surface area contributed by atoms with Gasteiger partial charge in [0.2, 0.25) is 11.8 Å². The van der Waals surface area contributed by atoms with Gasteiger partial charge in [0.15, 0.2) is 0 Å². The van der Waals surface area contributed by atoms with Crippen molar-refractivity contribution >= 4 is 22.8 Å². The van der Waals surface area contributed by atoms with Gasteiger partial charge < -0.3 is 20.0 Å². The standard InChI is InChI=1S/C23H31N3O3/c1-15(2)21(25-22(27)19-9-5-11-24-19)23(28)26-12-6-7-17(26)13-16-14-29-20-10-4-3-8-18(16)20/h3-4,8,10,14-15,17,19,21,24H,5-7,9,11-13H2,1-2H3,(H,25,27)/t17-,19-,21-/m0/s1. The second-order valence-corrected chi connectivity index (χ2v) is 8.67. The summed E-state index contributed by atoms with van der Waals surface area (Å²) >= 11 is 0. The number of nitrogens with zero attached hydrogens (tertiary/aromatic N) is 1. The summed E-state index contributed by atoms with van der Waals surface area (Å²) in [7, 11) is 0. The van der Waals surface area contributed by atoms with E-state index in [4.69, 9.17) is 4.42 Å². The number of hydrogen-bond acceptors (Lipinski definition) is 4. The molecule has 29 heavy (non-hydrogen) atoms. The van der Waals surface area contributed by atoms with Gasteiger partial charge in [-0.1, -0.05) is 32.0 Å². The first-order valence-electron chi connectivity index (χ1n) is 10.8. The molecule has 2 aromatic rings. The molecule has 156 valence electrons. The number of likely N-dealkylation sites (tertiary alicyclic amines) is 1. The lowest BCUT2D eigenvalue weighted by Gasteiger charge is -2.31. The first-order valence-corrected chi connectivity index (χ1v) is 10.8. The Labute approximate surface area is 172 Å². The molecule has 0 aliphatic carbocycles. The number of hydrogen-bond donors (Lipinski definition) is 2. The van der Waals surface area contributed by atoms with Crippen LogP contribution < -0.4 is 10.6 Å². The fourth-order valence-corrected chi connectivity index (χ4v) is 4.64. The number of carbonyl (C=O) groups excluding carboxylic acids is 2. The molecule has 0 bridgehead atoms. The molecule has 2 aliphatic rings. The van der Waals surface area contributed by atoms with Crippen LogP contribution in [0.25, 0.3) is 11.0 Å². The second kappa shape index (κ2) is 8.57. The van der Waals surface area contributed by atoms with E-state index in [2.05, 4.69) is 16.7 Å². The van der Waals surface area contributed by atoms with E-state index in [1.165, 1.54) is 0 Å². The molecule has 4 rings (SSSR count). The highest BCUT2D eigenvalue weighted by molar-refractivity contribution is 5.90. The summed E-state index contributed by atoms with van der Waals surface area (Å²) in [5.74, 6) is 0.0385. The third-order valence-electron chi connectivity index (χ3n) is 6.28. The van der Waals surface area contributed by atoms with Gasteiger partial charge in [-0.15, -0.1) is 0 Å². The zero-order valence-corrected chi connectivity index (χ0v) is 17.3. The molecule has 3 heterocycles. The molecule has 3 atom stereocenters. The average molecular weight is 398 g/mol. The minimum Gasteiger partial charge on any atom is -0.464 e. The highest BCUT2D eigenvalue weighted by Crippen LogP contribution is 2.28. The largest absolute Gasteiger partial charge is 0.464 e. The molecule has 0 radical (unpaired) electrons. The average Bonchev–Trinajstić information content (AvgIpc) is 3.47. The second-order valence-electron chi connectivity index (χ2n) is 8.67. The molecule has 2 N–H and O–H groups in total. The Morgan fingerprint density at radius 2 is 2.07 bits per heavy atom. The van der Waals surface area contributed by atoms with Crippen LogP contribution in [0, 0.1) is 5.92 Å². The smallest absolute Gasteiger partial charge is 0.245 e. The van der Waals surface area contributed by atoms with Crippen LogP contribution in [0.4, 0.5) is 0 Å². The summed E-state index contributed by atoms with van der Waals surface area (Å²) in [6.07, 6.45) is 6.42. The molecule has 6 heteroatoms. The van der Waals surface area contributed by atoms with Crippen LogP contribution in [0.15, 0.2) is 34.9 Å². The van der Waals surface area contributed by atoms with Crippen LogP contribution in [0.5, 0.6) is 0 Å². The third kappa shape index (κ3) is 4.17. The maximum absolute atomic E-state index is 13.4. The maximum Gasteiger partial charge on any atom is 0.245 e. The Balaban J connectivity index is 1.47. The van der Waals surface area contributed by atoms with Crippen LogP contribution in [-0.2, 0) is 16.0 Å². The molecule has 2 amide bonds. The number of fused-ring (bicyclic) bond motifs is 1. The van der Waals surface area contributed by atoms with E-state index >= 15 is 0 Å². The van der Waals surface area contributed by atoms with Gasteiger partial charge in [0.25, 0.3) is 0 Å². The Hall–Kier alpha value is -2.34. The topological polar surface area (TPSA) is 74.6 Å². The van der Waals surface area contributed by atoms with Gasteiger partial charge in [-0.3, -0.25) is 9.59 Å². The van der Waals surface area contributed by atoms with Crippen molar-refractivity contribution in [1.29, 1.82) is 0 Å². The first kappa shape index (κ1) is 20.0. The van der Waals surface area contributed by atoms with Crippen molar-refractivity contribution in [2.24, 2.45) is 5.92 Å². The molecule has 0 unspecified atom stereocenters. The van der Waals surface area contributed by atoms with Crippen molar-refractivity contribution in [3.8, 4) is 0 Å². The summed E-state index contributed by atoms with van der Waals surface area (Å²) in [5, 5.41) is 7.37. The van der Waals surface area contributed by atoms with E-state index in [0.717, 1.165) is 61.7 Å². The van der Waals surface area contributed by atoms with Crippen molar-refractivity contribution in [3.63, 3.8) is 0 Å². The fraction of sp³-hybridized carbons (Fsp3) is 0.565. The van der Waals surface area contributed by atoms with Gasteiger partial charge in [0, 0.05) is 23.5 Å². The lowest BCUT2D eigenvalue weighted by Crippen LogP contribution is -2.55. The molecular formula is C23H31N3O3. The maximum atomic E-state index is 13.4. The van der Waals surface area contributed by atoms with Crippen LogP contribution in [0.3, 0.4) is 0 Å². The number of rotatable bonds is 6. The van der Waals surface area contributed by atoms with Gasteiger partial charge in [-0.05, 0) is 50.6 Å². The SMILES string of the molecule is CC(C)[C@H](NC(=O)[C@@H]1CCCN1)C(=O)N1CCC[C@H]1Cc1coc2ccccc12. The van der Waals surface area contributed by atoms with Crippen molar-refractivity contribution in [2.45, 2.75) is 64.1 Å². The number of furan rings is 1. The first-order chi connectivity index (χ1) is 14.0. The van der Waals surface area contributed by atoms with Gasteiger partial charge >= 0.3 is 0 Å². The van der Waals surface area contributed by atoms with E-state index < -0.39 is 6.04 Å². The lowest BCUT2D eigenvalue weighted by atomic mass is 9.99. The minimum atomic E-state index is -0.480. The minimum absolute atomic E-state index is 0.0432. The van der Waals surface area contributed by atoms with Gasteiger partial charge in [0.1, 0.15) is 11.6 Å². The highest BCUT2D eigenvalue weighted by Gasteiger charge is 2.36. The molecule has 6 nitrogen and oxygen atoms in total. The summed E-state index contributed by atoms with van der Waals surface area (Å²) in [6, 6.07) is 7.52. The molecular weight excluding hydrogens is 366 g/mol. The van der Waals surface area contributed by atoms with E-state index in [-0.39, 0.29) is 29.8 Å². The zero-order valence-electron chi connectivity index (χ0n) is 17.3. The van der Waals surface area contributed by atoms with Gasteiger partial charge in [-0.2, -0.15) is 0 Å². The van der Waals surface area contributed by atoms with E-state index in [0.29, 0.717) is 0 Å². The van der Waals surface area contributed by atoms with E-state index in [1.54, 1.807) is 0 Å². The van der Waals surface area contributed by atoms with E-state index in [1.807, 2.05) is 43.2 Å². The fourth-order valence-electron chi connectivity index (χ4n) is 4.64. The van der Waals surface area contributed by atoms with Crippen molar-refractivity contribution in [1.82, 2.24) is 15.5 Å². The normalized spacial score (nSPS) is 23.1. The van der Waals surface area contributed by atoms with Crippen LogP contribution in [-0.4, -0.2) is 47.9 Å². The monoisotopic (exact) mass is 397 g/mol. The molecule has 1 aromatic carbocycles. The van der Waals surface area contributed by atoms with Crippen molar-refractivity contribution in [3.05, 3.63) is 36.1 Å². The van der Waals surface area contributed by atoms with Gasteiger partial charge in [0.05, 0.1) is 12.3 Å². The number of amides is 2. The Bertz CT molecular complexity index is 869. The summed E-state index contributed by atoms with van der Waals surface area (Å²) in [6.45, 7) is 5.62. The predicted molar refractivity (Wildman–Crippen MR) is 112 cm³/mol. The summed E-state index contributed by atoms with van der Waals surface area (Å²) in [5.41, 5.74) is 2.03. The molecule has 0 saturated carbocycles. The Kier molecular flexibility index (Phi) is 5.90. The molecule has 2 fully saturated rings. The molecule has 0 spiro atoms. The summed E-state index contributed by atoms with van der Waals surface area (Å²) < 4.78 is 5.68. The third-order valence-corrected chi connectivity index (χ3v) is 6.28. The van der Waals surface area contributed by atoms with Gasteiger partial charge in [-0.25, -0.2) is 0 Å². The predicted octanol–water partition coefficient (Wildman–Crippen LogP) is 2.86. The Morgan fingerprint density at radius 3 is 2.83 bits per heavy atom. The molecule has 2 saturated heterocycles. The van der Waals surface area contributed by atoms with Crippen molar-refractivity contribution < 1.29 is 14.0 Å². The van der Waals surface area contributed by atoms with Crippen LogP contribution in [0.2, 0.25) is 0 Å². The molecule has 2 aliphatic heterocycles. The lowest BCUT2D eigenvalue weighted by molar-refractivity contribution is -0.138. The molecule has 1 aromatic heterocycles. The Morgan fingerprint density at radius 1 is 1.24 bits per heavy atom. The number of nitrogens with one attached hydrogen (secondary N) is 2. The van der Waals surface area contributed by atoms with Crippen LogP contribution in [0.1, 0.15) is 45.1 Å². The van der Waals surface area contributed by atoms with E-state index in [9.17, 15) is 9.59 Å². The zero-order chi connectivity index (χ0) is 20.4.